The zero-order valence-electron chi connectivity index (χ0n) is 12.8. The smallest absolute Gasteiger partial charge is 0.129 e. The van der Waals surface area contributed by atoms with E-state index in [9.17, 15) is 9.50 Å². The van der Waals surface area contributed by atoms with Crippen molar-refractivity contribution >= 4 is 0 Å². The van der Waals surface area contributed by atoms with E-state index in [1.807, 2.05) is 19.9 Å². The first-order valence-electron chi connectivity index (χ1n) is 7.69. The molecule has 0 aliphatic heterocycles. The largest absolute Gasteiger partial charge is 0.385 e. The normalized spacial score (nSPS) is 26.8. The van der Waals surface area contributed by atoms with Gasteiger partial charge in [0.2, 0.25) is 0 Å². The van der Waals surface area contributed by atoms with Gasteiger partial charge in [0.25, 0.3) is 0 Å². The zero-order valence-corrected chi connectivity index (χ0v) is 12.8. The quantitative estimate of drug-likeness (QED) is 0.883. The van der Waals surface area contributed by atoms with Crippen molar-refractivity contribution in [2.75, 3.05) is 6.54 Å². The van der Waals surface area contributed by atoms with Gasteiger partial charge in [-0.25, -0.2) is 4.39 Å². The predicted molar refractivity (Wildman–Crippen MR) is 80.3 cm³/mol. The van der Waals surface area contributed by atoms with Crippen LogP contribution in [0, 0.1) is 19.7 Å². The van der Waals surface area contributed by atoms with Gasteiger partial charge in [-0.1, -0.05) is 13.0 Å². The number of halogens is 1. The average molecular weight is 279 g/mol. The summed E-state index contributed by atoms with van der Waals surface area (Å²) in [4.78, 5) is 0. The van der Waals surface area contributed by atoms with Crippen molar-refractivity contribution in [1.82, 2.24) is 5.32 Å². The number of hydrogen-bond donors (Lipinski definition) is 2. The Morgan fingerprint density at radius 1 is 1.30 bits per heavy atom. The van der Waals surface area contributed by atoms with Crippen molar-refractivity contribution in [2.45, 2.75) is 64.5 Å². The topological polar surface area (TPSA) is 32.3 Å². The molecule has 2 nitrogen and oxygen atoms in total. The average Bonchev–Trinajstić information content (AvgIpc) is 2.36. The van der Waals surface area contributed by atoms with Gasteiger partial charge in [-0.05, 0) is 69.7 Å². The zero-order chi connectivity index (χ0) is 14.8. The molecule has 1 aromatic carbocycles. The van der Waals surface area contributed by atoms with Crippen LogP contribution in [0.3, 0.4) is 0 Å². The molecule has 1 aliphatic carbocycles. The molecule has 1 saturated carbocycles. The van der Waals surface area contributed by atoms with Crippen LogP contribution in [0.1, 0.15) is 55.7 Å². The summed E-state index contributed by atoms with van der Waals surface area (Å²) in [6, 6.07) is 3.95. The Labute approximate surface area is 121 Å². The maximum atomic E-state index is 14.3. The standard InChI is InChI=1S/C17H26FNO/c1-4-9-19-14-5-7-17(20,8-6-14)16-13(3)10-12(2)11-15(16)18/h10-11,14,19-20H,4-9H2,1-3H3. The molecule has 2 N–H and O–H groups in total. The Morgan fingerprint density at radius 3 is 2.50 bits per heavy atom. The molecule has 112 valence electrons. The first kappa shape index (κ1) is 15.5. The molecular formula is C17H26FNO. The number of rotatable bonds is 4. The van der Waals surface area contributed by atoms with Gasteiger partial charge in [0.15, 0.2) is 0 Å². The van der Waals surface area contributed by atoms with Crippen molar-refractivity contribution in [1.29, 1.82) is 0 Å². The van der Waals surface area contributed by atoms with E-state index >= 15 is 0 Å². The van der Waals surface area contributed by atoms with E-state index in [0.717, 1.165) is 36.9 Å². The van der Waals surface area contributed by atoms with Gasteiger partial charge in [0.05, 0.1) is 5.60 Å². The van der Waals surface area contributed by atoms with Crippen LogP contribution in [0.5, 0.6) is 0 Å². The van der Waals surface area contributed by atoms with Gasteiger partial charge in [-0.15, -0.1) is 0 Å². The Kier molecular flexibility index (Phi) is 4.82. The van der Waals surface area contributed by atoms with Crippen LogP contribution in [0.25, 0.3) is 0 Å². The van der Waals surface area contributed by atoms with Crippen molar-refractivity contribution in [3.05, 3.63) is 34.6 Å². The highest BCUT2D eigenvalue weighted by Gasteiger charge is 2.37. The van der Waals surface area contributed by atoms with E-state index in [0.29, 0.717) is 24.4 Å². The molecule has 0 atom stereocenters. The van der Waals surface area contributed by atoms with Gasteiger partial charge >= 0.3 is 0 Å². The molecule has 0 aromatic heterocycles. The fourth-order valence-corrected chi connectivity index (χ4v) is 3.40. The van der Waals surface area contributed by atoms with Crippen LogP contribution in [-0.2, 0) is 5.60 Å². The second-order valence-electron chi connectivity index (χ2n) is 6.20. The number of aryl methyl sites for hydroxylation is 2. The molecule has 1 fully saturated rings. The van der Waals surface area contributed by atoms with Crippen molar-refractivity contribution < 1.29 is 9.50 Å². The second kappa shape index (κ2) is 6.23. The summed E-state index contributed by atoms with van der Waals surface area (Å²) < 4.78 is 14.3. The highest BCUT2D eigenvalue weighted by atomic mass is 19.1. The van der Waals surface area contributed by atoms with Gasteiger partial charge in [-0.3, -0.25) is 0 Å². The molecule has 20 heavy (non-hydrogen) atoms. The number of hydrogen-bond acceptors (Lipinski definition) is 2. The summed E-state index contributed by atoms with van der Waals surface area (Å²) in [6.45, 7) is 6.94. The predicted octanol–water partition coefficient (Wildman–Crippen LogP) is 3.57. The number of nitrogens with one attached hydrogen (secondary N) is 1. The Balaban J connectivity index is 2.14. The third-order valence-corrected chi connectivity index (χ3v) is 4.39. The molecule has 0 saturated heterocycles. The molecule has 1 aromatic rings. The summed E-state index contributed by atoms with van der Waals surface area (Å²) in [5, 5.41) is 14.4. The fraction of sp³-hybridized carbons (Fsp3) is 0.647. The van der Waals surface area contributed by atoms with E-state index in [2.05, 4.69) is 12.2 Å². The van der Waals surface area contributed by atoms with Crippen LogP contribution in [0.2, 0.25) is 0 Å². The highest BCUT2D eigenvalue weighted by molar-refractivity contribution is 5.36. The molecule has 0 radical (unpaired) electrons. The van der Waals surface area contributed by atoms with Crippen molar-refractivity contribution in [3.63, 3.8) is 0 Å². The minimum Gasteiger partial charge on any atom is -0.385 e. The highest BCUT2D eigenvalue weighted by Crippen LogP contribution is 2.40. The van der Waals surface area contributed by atoms with E-state index < -0.39 is 5.60 Å². The summed E-state index contributed by atoms with van der Waals surface area (Å²) in [7, 11) is 0. The molecular weight excluding hydrogens is 253 g/mol. The van der Waals surface area contributed by atoms with Crippen LogP contribution >= 0.6 is 0 Å². The second-order valence-corrected chi connectivity index (χ2v) is 6.20. The maximum Gasteiger partial charge on any atom is 0.129 e. The number of benzene rings is 1. The number of aliphatic hydroxyl groups is 1. The summed E-state index contributed by atoms with van der Waals surface area (Å²) in [5.41, 5.74) is 1.29. The van der Waals surface area contributed by atoms with Gasteiger partial charge in [0, 0.05) is 11.6 Å². The molecule has 2 rings (SSSR count). The first-order valence-corrected chi connectivity index (χ1v) is 7.69. The monoisotopic (exact) mass is 279 g/mol. The lowest BCUT2D eigenvalue weighted by Crippen LogP contribution is -2.40. The van der Waals surface area contributed by atoms with Crippen LogP contribution in [0.15, 0.2) is 12.1 Å². The third-order valence-electron chi connectivity index (χ3n) is 4.39. The molecule has 0 unspecified atom stereocenters. The van der Waals surface area contributed by atoms with Crippen molar-refractivity contribution in [2.24, 2.45) is 0 Å². The molecule has 1 aliphatic rings. The van der Waals surface area contributed by atoms with Crippen LogP contribution < -0.4 is 5.32 Å². The Hall–Kier alpha value is -0.930. The lowest BCUT2D eigenvalue weighted by atomic mass is 9.76. The molecule has 0 amide bonds. The Morgan fingerprint density at radius 2 is 1.95 bits per heavy atom. The Bertz CT molecular complexity index is 441. The van der Waals surface area contributed by atoms with Gasteiger partial charge < -0.3 is 10.4 Å². The van der Waals surface area contributed by atoms with Gasteiger partial charge in [-0.2, -0.15) is 0 Å². The third kappa shape index (κ3) is 3.21. The summed E-state index contributed by atoms with van der Waals surface area (Å²) in [6.07, 6.45) is 4.20. The molecule has 0 heterocycles. The molecule has 0 spiro atoms. The minimum absolute atomic E-state index is 0.259. The van der Waals surface area contributed by atoms with Gasteiger partial charge in [0.1, 0.15) is 5.82 Å². The van der Waals surface area contributed by atoms with Crippen LogP contribution in [-0.4, -0.2) is 17.7 Å². The lowest BCUT2D eigenvalue weighted by Gasteiger charge is -2.38. The van der Waals surface area contributed by atoms with E-state index in [4.69, 9.17) is 0 Å². The SMILES string of the molecule is CCCNC1CCC(O)(c2c(C)cc(C)cc2F)CC1. The molecule has 0 bridgehead atoms. The molecule has 3 heteroatoms. The van der Waals surface area contributed by atoms with Crippen molar-refractivity contribution in [3.8, 4) is 0 Å². The summed E-state index contributed by atoms with van der Waals surface area (Å²) in [5.74, 6) is -0.259. The first-order chi connectivity index (χ1) is 9.46. The maximum absolute atomic E-state index is 14.3. The van der Waals surface area contributed by atoms with Crippen LogP contribution in [0.4, 0.5) is 4.39 Å². The van der Waals surface area contributed by atoms with E-state index in [-0.39, 0.29) is 5.82 Å². The van der Waals surface area contributed by atoms with E-state index in [1.165, 1.54) is 6.07 Å². The minimum atomic E-state index is -0.994. The summed E-state index contributed by atoms with van der Waals surface area (Å²) >= 11 is 0. The van der Waals surface area contributed by atoms with E-state index in [1.54, 1.807) is 0 Å². The fourth-order valence-electron chi connectivity index (χ4n) is 3.40. The lowest BCUT2D eigenvalue weighted by molar-refractivity contribution is -0.0118.